The molecule has 0 aliphatic carbocycles. The number of carbonyl (C=O) groups excluding carboxylic acids is 3. The Labute approximate surface area is 176 Å². The standard InChI is InChI=1S/C21H19FN2O5S/c22-15-3-1-2-4-16(15)24(21(27)14-8-20(26)30-11-14)10-19(25)23-9-13-5-6-17-18(7-13)29-12-28-17/h1-7,14H,8-12H2,(H,23,25)/t14-/m0/s1. The highest BCUT2D eigenvalue weighted by molar-refractivity contribution is 8.14. The van der Waals surface area contributed by atoms with Gasteiger partial charge in [0.2, 0.25) is 18.6 Å². The van der Waals surface area contributed by atoms with Crippen LogP contribution in [0.15, 0.2) is 42.5 Å². The summed E-state index contributed by atoms with van der Waals surface area (Å²) in [5, 5.41) is 2.67. The van der Waals surface area contributed by atoms with Gasteiger partial charge in [0.15, 0.2) is 16.6 Å². The minimum absolute atomic E-state index is 0.0186. The van der Waals surface area contributed by atoms with E-state index < -0.39 is 23.5 Å². The Morgan fingerprint density at radius 3 is 2.73 bits per heavy atom. The number of thioether (sulfide) groups is 1. The predicted molar refractivity (Wildman–Crippen MR) is 109 cm³/mol. The van der Waals surface area contributed by atoms with Crippen molar-refractivity contribution >= 4 is 34.4 Å². The Morgan fingerprint density at radius 2 is 1.97 bits per heavy atom. The summed E-state index contributed by atoms with van der Waals surface area (Å²) in [6.07, 6.45) is 0.0905. The smallest absolute Gasteiger partial charge is 0.240 e. The van der Waals surface area contributed by atoms with E-state index in [9.17, 15) is 18.8 Å². The number of anilines is 1. The van der Waals surface area contributed by atoms with Gasteiger partial charge in [-0.3, -0.25) is 19.3 Å². The zero-order valence-electron chi connectivity index (χ0n) is 15.9. The van der Waals surface area contributed by atoms with Crippen LogP contribution in [0.5, 0.6) is 11.5 Å². The molecule has 0 aromatic heterocycles. The number of halogens is 1. The first-order valence-corrected chi connectivity index (χ1v) is 10.4. The number of benzene rings is 2. The Kier molecular flexibility index (Phi) is 5.89. The number of rotatable bonds is 6. The van der Waals surface area contributed by atoms with E-state index in [1.165, 1.54) is 18.2 Å². The van der Waals surface area contributed by atoms with Crippen LogP contribution in [0.4, 0.5) is 10.1 Å². The number of ether oxygens (including phenoxy) is 2. The molecule has 1 N–H and O–H groups in total. The maximum atomic E-state index is 14.4. The van der Waals surface area contributed by atoms with Crippen LogP contribution in [0, 0.1) is 11.7 Å². The highest BCUT2D eigenvalue weighted by Gasteiger charge is 2.34. The molecule has 2 aliphatic rings. The average molecular weight is 430 g/mol. The van der Waals surface area contributed by atoms with Crippen LogP contribution < -0.4 is 19.7 Å². The van der Waals surface area contributed by atoms with Crippen LogP contribution in [0.3, 0.4) is 0 Å². The molecule has 2 aliphatic heterocycles. The molecule has 30 heavy (non-hydrogen) atoms. The van der Waals surface area contributed by atoms with Crippen LogP contribution in [-0.4, -0.2) is 36.0 Å². The number of carbonyl (C=O) groups is 3. The molecule has 4 rings (SSSR count). The summed E-state index contributed by atoms with van der Waals surface area (Å²) in [7, 11) is 0. The highest BCUT2D eigenvalue weighted by Crippen LogP contribution is 2.32. The minimum atomic E-state index is -0.605. The summed E-state index contributed by atoms with van der Waals surface area (Å²) in [5.74, 6) is -0.465. The monoisotopic (exact) mass is 430 g/mol. The van der Waals surface area contributed by atoms with E-state index in [2.05, 4.69) is 5.32 Å². The van der Waals surface area contributed by atoms with Crippen LogP contribution in [0.2, 0.25) is 0 Å². The van der Waals surface area contributed by atoms with E-state index >= 15 is 0 Å². The van der Waals surface area contributed by atoms with Crippen molar-refractivity contribution in [3.63, 3.8) is 0 Å². The van der Waals surface area contributed by atoms with Gasteiger partial charge >= 0.3 is 0 Å². The van der Waals surface area contributed by atoms with E-state index in [0.717, 1.165) is 22.2 Å². The SMILES string of the molecule is O=C(CN(C(=O)[C@@H]1CSC(=O)C1)c1ccccc1F)NCc1ccc2c(c1)OCO2. The van der Waals surface area contributed by atoms with Gasteiger partial charge in [0.05, 0.1) is 11.6 Å². The molecule has 156 valence electrons. The molecule has 7 nitrogen and oxygen atoms in total. The molecule has 2 amide bonds. The molecule has 1 fully saturated rings. The molecule has 0 unspecified atom stereocenters. The molecule has 2 heterocycles. The van der Waals surface area contributed by atoms with Crippen molar-refractivity contribution in [2.75, 3.05) is 24.0 Å². The van der Waals surface area contributed by atoms with Crippen LogP contribution >= 0.6 is 11.8 Å². The van der Waals surface area contributed by atoms with Crippen LogP contribution in [0.1, 0.15) is 12.0 Å². The van der Waals surface area contributed by atoms with Crippen molar-refractivity contribution in [1.82, 2.24) is 5.32 Å². The van der Waals surface area contributed by atoms with Gasteiger partial charge in [0.1, 0.15) is 12.4 Å². The molecule has 1 saturated heterocycles. The van der Waals surface area contributed by atoms with E-state index in [1.807, 2.05) is 0 Å². The first-order chi connectivity index (χ1) is 14.5. The number of hydrogen-bond donors (Lipinski definition) is 1. The topological polar surface area (TPSA) is 84.9 Å². The number of nitrogens with zero attached hydrogens (tertiary/aromatic N) is 1. The fourth-order valence-electron chi connectivity index (χ4n) is 3.30. The molecular formula is C21H19FN2O5S. The van der Waals surface area contributed by atoms with E-state index in [1.54, 1.807) is 24.3 Å². The molecule has 0 radical (unpaired) electrons. The van der Waals surface area contributed by atoms with Crippen molar-refractivity contribution in [3.8, 4) is 11.5 Å². The summed E-state index contributed by atoms with van der Waals surface area (Å²) >= 11 is 1.08. The lowest BCUT2D eigenvalue weighted by Gasteiger charge is -2.25. The maximum Gasteiger partial charge on any atom is 0.240 e. The number of hydrogen-bond acceptors (Lipinski definition) is 6. The second-order valence-corrected chi connectivity index (χ2v) is 8.00. The summed E-state index contributed by atoms with van der Waals surface area (Å²) in [4.78, 5) is 38.2. The van der Waals surface area contributed by atoms with Gasteiger partial charge < -0.3 is 14.8 Å². The van der Waals surface area contributed by atoms with E-state index in [4.69, 9.17) is 9.47 Å². The summed E-state index contributed by atoms with van der Waals surface area (Å²) < 4.78 is 24.9. The lowest BCUT2D eigenvalue weighted by atomic mass is 10.1. The molecule has 2 aromatic rings. The average Bonchev–Trinajstić information content (AvgIpc) is 3.39. The van der Waals surface area contributed by atoms with Crippen molar-refractivity contribution in [1.29, 1.82) is 0 Å². The van der Waals surface area contributed by atoms with Gasteiger partial charge in [-0.05, 0) is 29.8 Å². The maximum absolute atomic E-state index is 14.4. The van der Waals surface area contributed by atoms with Crippen molar-refractivity contribution in [3.05, 3.63) is 53.8 Å². The van der Waals surface area contributed by atoms with Gasteiger partial charge in [-0.1, -0.05) is 30.0 Å². The Balaban J connectivity index is 1.45. The van der Waals surface area contributed by atoms with Crippen molar-refractivity contribution in [2.45, 2.75) is 13.0 Å². The fourth-order valence-corrected chi connectivity index (χ4v) is 4.26. The van der Waals surface area contributed by atoms with Crippen molar-refractivity contribution in [2.24, 2.45) is 5.92 Å². The molecule has 0 bridgehead atoms. The molecule has 9 heteroatoms. The fraction of sp³-hybridized carbons (Fsp3) is 0.286. The second kappa shape index (κ2) is 8.74. The normalized spacial score (nSPS) is 17.1. The van der Waals surface area contributed by atoms with Gasteiger partial charge in [0.25, 0.3) is 0 Å². The Hall–Kier alpha value is -3.07. The largest absolute Gasteiger partial charge is 0.454 e. The predicted octanol–water partition coefficient (Wildman–Crippen LogP) is 2.48. The second-order valence-electron chi connectivity index (χ2n) is 6.92. The minimum Gasteiger partial charge on any atom is -0.454 e. The van der Waals surface area contributed by atoms with Gasteiger partial charge in [-0.15, -0.1) is 0 Å². The Morgan fingerprint density at radius 1 is 1.17 bits per heavy atom. The number of amides is 2. The first kappa shape index (κ1) is 20.2. The molecule has 0 saturated carbocycles. The highest BCUT2D eigenvalue weighted by atomic mass is 32.2. The quantitative estimate of drug-likeness (QED) is 0.758. The summed E-state index contributed by atoms with van der Waals surface area (Å²) in [5.41, 5.74) is 0.819. The third-order valence-corrected chi connectivity index (χ3v) is 5.90. The number of fused-ring (bicyclic) bond motifs is 1. The van der Waals surface area contributed by atoms with Gasteiger partial charge in [0, 0.05) is 18.7 Å². The third-order valence-electron chi connectivity index (χ3n) is 4.85. The zero-order chi connectivity index (χ0) is 21.1. The van der Waals surface area contributed by atoms with E-state index in [-0.39, 0.29) is 37.1 Å². The first-order valence-electron chi connectivity index (χ1n) is 9.38. The molecule has 2 aromatic carbocycles. The van der Waals surface area contributed by atoms with Gasteiger partial charge in [-0.25, -0.2) is 4.39 Å². The van der Waals surface area contributed by atoms with Gasteiger partial charge in [-0.2, -0.15) is 0 Å². The van der Waals surface area contributed by atoms with E-state index in [0.29, 0.717) is 17.3 Å². The number of para-hydroxylation sites is 1. The lowest BCUT2D eigenvalue weighted by Crippen LogP contribution is -2.44. The zero-order valence-corrected chi connectivity index (χ0v) is 16.7. The molecular weight excluding hydrogens is 411 g/mol. The summed E-state index contributed by atoms with van der Waals surface area (Å²) in [6.45, 7) is 0.0268. The van der Waals surface area contributed by atoms with Crippen molar-refractivity contribution < 1.29 is 28.2 Å². The Bertz CT molecular complexity index is 999. The van der Waals surface area contributed by atoms with Crippen LogP contribution in [-0.2, 0) is 20.9 Å². The number of nitrogens with one attached hydrogen (secondary N) is 1. The summed E-state index contributed by atoms with van der Waals surface area (Å²) in [6, 6.07) is 11.1. The molecule has 1 atom stereocenters. The molecule has 0 spiro atoms. The lowest BCUT2D eigenvalue weighted by molar-refractivity contribution is -0.126. The third kappa shape index (κ3) is 4.40. The van der Waals surface area contributed by atoms with Crippen LogP contribution in [0.25, 0.3) is 0 Å².